The molecule has 2 N–H and O–H groups in total. The molecule has 2 aromatic heterocycles. The number of anilines is 3. The fraction of sp³-hybridized carbons (Fsp3) is 0.292. The molecule has 1 aliphatic rings. The number of carbonyl (C=O) groups is 2. The minimum Gasteiger partial charge on any atom is -0.378 e. The summed E-state index contributed by atoms with van der Waals surface area (Å²) in [7, 11) is 0. The molecule has 34 heavy (non-hydrogen) atoms. The number of benzene rings is 1. The second-order valence-corrected chi connectivity index (χ2v) is 8.32. The third-order valence-electron chi connectivity index (χ3n) is 5.28. The van der Waals surface area contributed by atoms with Crippen LogP contribution in [0.3, 0.4) is 0 Å². The van der Waals surface area contributed by atoms with Gasteiger partial charge in [0.15, 0.2) is 5.82 Å². The number of nitrogens with one attached hydrogen (secondary N) is 2. The summed E-state index contributed by atoms with van der Waals surface area (Å²) in [4.78, 5) is 39.0. The van der Waals surface area contributed by atoms with Crippen molar-refractivity contribution in [2.24, 2.45) is 0 Å². The van der Waals surface area contributed by atoms with Crippen LogP contribution in [-0.2, 0) is 16.0 Å². The summed E-state index contributed by atoms with van der Waals surface area (Å²) < 4.78 is 5.43. The molecule has 0 radical (unpaired) electrons. The van der Waals surface area contributed by atoms with Crippen molar-refractivity contribution < 1.29 is 14.3 Å². The second-order valence-electron chi connectivity index (χ2n) is 7.96. The zero-order chi connectivity index (χ0) is 24.1. The third kappa shape index (κ3) is 5.86. The van der Waals surface area contributed by atoms with Crippen LogP contribution in [0.15, 0.2) is 42.6 Å². The lowest BCUT2D eigenvalue weighted by atomic mass is 10.2. The van der Waals surface area contributed by atoms with E-state index in [4.69, 9.17) is 21.3 Å². The van der Waals surface area contributed by atoms with Crippen molar-refractivity contribution in [2.45, 2.75) is 20.3 Å². The van der Waals surface area contributed by atoms with E-state index in [1.807, 2.05) is 19.1 Å². The van der Waals surface area contributed by atoms with Crippen LogP contribution in [0.1, 0.15) is 18.2 Å². The Labute approximate surface area is 202 Å². The van der Waals surface area contributed by atoms with Crippen molar-refractivity contribution in [3.63, 3.8) is 0 Å². The number of hydrogen-bond acceptors (Lipinski definition) is 7. The Morgan fingerprint density at radius 2 is 1.71 bits per heavy atom. The highest BCUT2D eigenvalue weighted by Crippen LogP contribution is 2.28. The molecule has 0 unspecified atom stereocenters. The first-order valence-corrected chi connectivity index (χ1v) is 11.3. The minimum atomic E-state index is -0.405. The number of ketones is 1. The normalized spacial score (nSPS) is 13.4. The van der Waals surface area contributed by atoms with Crippen molar-refractivity contribution in [3.05, 3.63) is 59.0 Å². The standard InChI is InChI=1S/C24H25ClN6O3/c1-15(32)13-19-7-8-20(14-26-19)28-24(33)27-18-5-3-17(4-6-18)22-29-21(25)16(2)23(30-22)31-9-11-34-12-10-31/h3-8,14H,9-13H2,1-2H3,(H2,27,28,33). The van der Waals surface area contributed by atoms with Crippen LogP contribution >= 0.6 is 11.6 Å². The average Bonchev–Trinajstić information content (AvgIpc) is 2.83. The molecule has 10 heteroatoms. The Balaban J connectivity index is 1.42. The van der Waals surface area contributed by atoms with Gasteiger partial charge in [-0.25, -0.2) is 14.8 Å². The van der Waals surface area contributed by atoms with Crippen LogP contribution in [0.4, 0.5) is 22.0 Å². The number of amides is 2. The van der Waals surface area contributed by atoms with Crippen LogP contribution < -0.4 is 15.5 Å². The Bertz CT molecular complexity index is 1180. The van der Waals surface area contributed by atoms with E-state index in [9.17, 15) is 9.59 Å². The summed E-state index contributed by atoms with van der Waals surface area (Å²) in [5.41, 5.74) is 3.41. The molecule has 9 nitrogen and oxygen atoms in total. The lowest BCUT2D eigenvalue weighted by Gasteiger charge is -2.29. The van der Waals surface area contributed by atoms with E-state index >= 15 is 0 Å². The predicted molar refractivity (Wildman–Crippen MR) is 132 cm³/mol. The molecule has 3 heterocycles. The summed E-state index contributed by atoms with van der Waals surface area (Å²) in [5, 5.41) is 5.91. The SMILES string of the molecule is CC(=O)Cc1ccc(NC(=O)Nc2ccc(-c3nc(Cl)c(C)c(N4CCOCC4)n3)cc2)cn1. The number of carbonyl (C=O) groups excluding carboxylic acids is 2. The molecule has 1 fully saturated rings. The van der Waals surface area contributed by atoms with Gasteiger partial charge in [0.1, 0.15) is 16.8 Å². The molecule has 2 amide bonds. The molecule has 0 aliphatic carbocycles. The smallest absolute Gasteiger partial charge is 0.323 e. The number of pyridine rings is 1. The summed E-state index contributed by atoms with van der Waals surface area (Å²) in [6.07, 6.45) is 1.79. The number of ether oxygens (including phenoxy) is 1. The monoisotopic (exact) mass is 480 g/mol. The van der Waals surface area contributed by atoms with Gasteiger partial charge in [-0.05, 0) is 50.2 Å². The van der Waals surface area contributed by atoms with Crippen LogP contribution in [0.5, 0.6) is 0 Å². The van der Waals surface area contributed by atoms with E-state index < -0.39 is 6.03 Å². The topological polar surface area (TPSA) is 109 Å². The highest BCUT2D eigenvalue weighted by Gasteiger charge is 2.19. The van der Waals surface area contributed by atoms with Gasteiger partial charge < -0.3 is 20.3 Å². The lowest BCUT2D eigenvalue weighted by molar-refractivity contribution is -0.116. The third-order valence-corrected chi connectivity index (χ3v) is 5.65. The Kier molecular flexibility index (Phi) is 7.34. The highest BCUT2D eigenvalue weighted by atomic mass is 35.5. The first kappa shape index (κ1) is 23.6. The molecule has 1 aromatic carbocycles. The van der Waals surface area contributed by atoms with E-state index in [1.165, 1.54) is 13.1 Å². The predicted octanol–water partition coefficient (Wildman–Crippen LogP) is 4.11. The maximum Gasteiger partial charge on any atom is 0.323 e. The maximum absolute atomic E-state index is 12.3. The molecule has 176 valence electrons. The van der Waals surface area contributed by atoms with Crippen LogP contribution in [0.2, 0.25) is 5.15 Å². The fourth-order valence-corrected chi connectivity index (χ4v) is 3.71. The second kappa shape index (κ2) is 10.6. The van der Waals surface area contributed by atoms with Gasteiger partial charge in [-0.2, -0.15) is 0 Å². The summed E-state index contributed by atoms with van der Waals surface area (Å²) in [6.45, 7) is 6.22. The van der Waals surface area contributed by atoms with Gasteiger partial charge in [-0.15, -0.1) is 0 Å². The van der Waals surface area contributed by atoms with Crippen LogP contribution in [0, 0.1) is 6.92 Å². The van der Waals surface area contributed by atoms with Crippen molar-refractivity contribution >= 4 is 40.6 Å². The van der Waals surface area contributed by atoms with E-state index in [0.29, 0.717) is 41.3 Å². The van der Waals surface area contributed by atoms with E-state index in [-0.39, 0.29) is 12.2 Å². The zero-order valence-electron chi connectivity index (χ0n) is 19.0. The highest BCUT2D eigenvalue weighted by molar-refractivity contribution is 6.30. The van der Waals surface area contributed by atoms with Crippen LogP contribution in [-0.4, -0.2) is 53.1 Å². The van der Waals surface area contributed by atoms with Crippen LogP contribution in [0.25, 0.3) is 11.4 Å². The number of nitrogens with zero attached hydrogens (tertiary/aromatic N) is 4. The van der Waals surface area contributed by atoms with E-state index in [2.05, 4.69) is 25.5 Å². The lowest BCUT2D eigenvalue weighted by Crippen LogP contribution is -2.37. The Morgan fingerprint density at radius 1 is 1.03 bits per heavy atom. The van der Waals surface area contributed by atoms with Gasteiger partial charge >= 0.3 is 6.03 Å². The molecule has 3 aromatic rings. The molecule has 1 aliphatic heterocycles. The van der Waals surface area contributed by atoms with Gasteiger partial charge in [0, 0.05) is 42.0 Å². The molecular weight excluding hydrogens is 456 g/mol. The average molecular weight is 481 g/mol. The zero-order valence-corrected chi connectivity index (χ0v) is 19.7. The number of hydrogen-bond donors (Lipinski definition) is 2. The van der Waals surface area contributed by atoms with E-state index in [1.54, 1.807) is 24.3 Å². The van der Waals surface area contributed by atoms with Gasteiger partial charge in [0.05, 0.1) is 25.1 Å². The molecule has 4 rings (SSSR count). The first-order chi connectivity index (χ1) is 16.4. The molecule has 0 bridgehead atoms. The van der Waals surface area contributed by atoms with Gasteiger partial charge in [-0.1, -0.05) is 11.6 Å². The van der Waals surface area contributed by atoms with Crippen molar-refractivity contribution in [3.8, 4) is 11.4 Å². The van der Waals surface area contributed by atoms with E-state index in [0.717, 1.165) is 30.0 Å². The van der Waals surface area contributed by atoms with Gasteiger partial charge in [0.25, 0.3) is 0 Å². The Hall–Kier alpha value is -3.56. The van der Waals surface area contributed by atoms with Crippen molar-refractivity contribution in [1.82, 2.24) is 15.0 Å². The van der Waals surface area contributed by atoms with Crippen molar-refractivity contribution in [2.75, 3.05) is 41.8 Å². The number of halogens is 1. The molecule has 0 atom stereocenters. The summed E-state index contributed by atoms with van der Waals surface area (Å²) in [6, 6.07) is 10.2. The minimum absolute atomic E-state index is 0.0324. The summed E-state index contributed by atoms with van der Waals surface area (Å²) >= 11 is 6.40. The molecule has 0 spiro atoms. The molecule has 0 saturated carbocycles. The number of rotatable bonds is 6. The van der Waals surface area contributed by atoms with Gasteiger partial charge in [0.2, 0.25) is 0 Å². The first-order valence-electron chi connectivity index (χ1n) is 10.9. The number of Topliss-reactive ketones (excluding diaryl/α,β-unsaturated/α-hetero) is 1. The van der Waals surface area contributed by atoms with Gasteiger partial charge in [-0.3, -0.25) is 9.78 Å². The molecular formula is C24H25ClN6O3. The largest absolute Gasteiger partial charge is 0.378 e. The maximum atomic E-state index is 12.3. The summed E-state index contributed by atoms with van der Waals surface area (Å²) in [5.74, 6) is 1.36. The fourth-order valence-electron chi connectivity index (χ4n) is 3.54. The quantitative estimate of drug-likeness (QED) is 0.511. The molecule has 1 saturated heterocycles. The Morgan fingerprint density at radius 3 is 2.35 bits per heavy atom. The van der Waals surface area contributed by atoms with Crippen molar-refractivity contribution in [1.29, 1.82) is 0 Å². The number of morpholine rings is 1. The number of aromatic nitrogens is 3. The number of urea groups is 1.